The lowest BCUT2D eigenvalue weighted by Gasteiger charge is -2.30. The summed E-state index contributed by atoms with van der Waals surface area (Å²) < 4.78 is 5.06. The van der Waals surface area contributed by atoms with E-state index in [-0.39, 0.29) is 11.8 Å². The number of carboxylic acid groups (broad SMARTS) is 1. The van der Waals surface area contributed by atoms with Crippen LogP contribution in [0.2, 0.25) is 0 Å². The van der Waals surface area contributed by atoms with Crippen molar-refractivity contribution in [2.75, 3.05) is 20.3 Å². The number of aliphatic carboxylic acids is 1. The molecule has 0 radical (unpaired) electrons. The van der Waals surface area contributed by atoms with E-state index in [9.17, 15) is 4.79 Å². The highest BCUT2D eigenvalue weighted by atomic mass is 16.5. The Hall–Kier alpha value is -0.610. The summed E-state index contributed by atoms with van der Waals surface area (Å²) in [6, 6.07) is 0. The summed E-state index contributed by atoms with van der Waals surface area (Å²) in [6.45, 7) is 0.859. The second-order valence-electron chi connectivity index (χ2n) is 3.84. The molecule has 0 amide bonds. The van der Waals surface area contributed by atoms with Crippen LogP contribution in [0.3, 0.4) is 0 Å². The van der Waals surface area contributed by atoms with Crippen molar-refractivity contribution in [2.24, 2.45) is 17.1 Å². The van der Waals surface area contributed by atoms with Crippen LogP contribution in [0, 0.1) is 11.3 Å². The van der Waals surface area contributed by atoms with Gasteiger partial charge in [-0.05, 0) is 18.8 Å². The van der Waals surface area contributed by atoms with Crippen molar-refractivity contribution >= 4 is 5.97 Å². The maximum Gasteiger partial charge on any atom is 0.304 e. The molecule has 1 saturated carbocycles. The predicted molar refractivity (Wildman–Crippen MR) is 48.3 cm³/mol. The molecular formula is C9H17NO3. The van der Waals surface area contributed by atoms with Gasteiger partial charge in [-0.15, -0.1) is 0 Å². The maximum atomic E-state index is 10.7. The van der Waals surface area contributed by atoms with E-state index in [1.54, 1.807) is 7.11 Å². The fraction of sp³-hybridized carbons (Fsp3) is 0.889. The van der Waals surface area contributed by atoms with E-state index in [1.165, 1.54) is 0 Å². The summed E-state index contributed by atoms with van der Waals surface area (Å²) in [7, 11) is 1.59. The molecule has 0 saturated heterocycles. The number of hydrogen-bond acceptors (Lipinski definition) is 3. The second-order valence-corrected chi connectivity index (χ2v) is 3.84. The zero-order chi connectivity index (χ0) is 9.90. The molecule has 1 aliphatic rings. The Morgan fingerprint density at radius 2 is 2.31 bits per heavy atom. The minimum absolute atomic E-state index is 0.127. The summed E-state index contributed by atoms with van der Waals surface area (Å²) in [4.78, 5) is 10.7. The minimum Gasteiger partial charge on any atom is -0.481 e. The average molecular weight is 187 g/mol. The van der Waals surface area contributed by atoms with E-state index >= 15 is 0 Å². The van der Waals surface area contributed by atoms with E-state index in [0.29, 0.717) is 19.1 Å². The fourth-order valence-electron chi connectivity index (χ4n) is 1.90. The topological polar surface area (TPSA) is 72.5 Å². The predicted octanol–water partition coefficient (Wildman–Crippen LogP) is 0.463. The molecule has 1 aliphatic carbocycles. The second kappa shape index (κ2) is 4.07. The summed E-state index contributed by atoms with van der Waals surface area (Å²) >= 11 is 0. The molecular weight excluding hydrogens is 170 g/mol. The Balaban J connectivity index is 2.62. The standard InChI is InChI=1S/C9H17NO3/c1-13-6-9(5-10,4-8(11)12)7-2-3-7/h7H,2-6,10H2,1H3,(H,11,12). The summed E-state index contributed by atoms with van der Waals surface area (Å²) in [5, 5.41) is 8.77. The van der Waals surface area contributed by atoms with Gasteiger partial charge in [0.15, 0.2) is 0 Å². The van der Waals surface area contributed by atoms with Gasteiger partial charge in [0, 0.05) is 19.1 Å². The number of ether oxygens (including phenoxy) is 1. The number of carbonyl (C=O) groups is 1. The summed E-state index contributed by atoms with van der Waals surface area (Å²) in [5.41, 5.74) is 5.32. The molecule has 3 N–H and O–H groups in total. The van der Waals surface area contributed by atoms with Gasteiger partial charge < -0.3 is 15.6 Å². The monoisotopic (exact) mass is 187 g/mol. The maximum absolute atomic E-state index is 10.7. The van der Waals surface area contributed by atoms with E-state index in [1.807, 2.05) is 0 Å². The van der Waals surface area contributed by atoms with Gasteiger partial charge in [-0.1, -0.05) is 0 Å². The molecule has 0 aromatic carbocycles. The van der Waals surface area contributed by atoms with E-state index in [0.717, 1.165) is 12.8 Å². The lowest BCUT2D eigenvalue weighted by Crippen LogP contribution is -2.39. The summed E-state index contributed by atoms with van der Waals surface area (Å²) in [6.07, 6.45) is 2.31. The first-order chi connectivity index (χ1) is 6.14. The number of methoxy groups -OCH3 is 1. The van der Waals surface area contributed by atoms with E-state index in [4.69, 9.17) is 15.6 Å². The number of rotatable bonds is 6. The normalized spacial score (nSPS) is 21.1. The molecule has 76 valence electrons. The van der Waals surface area contributed by atoms with Crippen LogP contribution in [0.4, 0.5) is 0 Å². The number of nitrogens with two attached hydrogens (primary N) is 1. The van der Waals surface area contributed by atoms with Crippen LogP contribution in [0.1, 0.15) is 19.3 Å². The lowest BCUT2D eigenvalue weighted by atomic mass is 9.80. The van der Waals surface area contributed by atoms with Gasteiger partial charge >= 0.3 is 5.97 Å². The van der Waals surface area contributed by atoms with Crippen LogP contribution >= 0.6 is 0 Å². The first kappa shape index (κ1) is 10.5. The highest BCUT2D eigenvalue weighted by Gasteiger charge is 2.45. The molecule has 13 heavy (non-hydrogen) atoms. The van der Waals surface area contributed by atoms with Crippen molar-refractivity contribution in [3.05, 3.63) is 0 Å². The Kier molecular flexibility index (Phi) is 3.27. The molecule has 0 spiro atoms. The van der Waals surface area contributed by atoms with Crippen molar-refractivity contribution < 1.29 is 14.6 Å². The molecule has 4 nitrogen and oxygen atoms in total. The van der Waals surface area contributed by atoms with Gasteiger partial charge in [-0.25, -0.2) is 0 Å². The Morgan fingerprint density at radius 3 is 2.62 bits per heavy atom. The van der Waals surface area contributed by atoms with Crippen LogP contribution in [-0.4, -0.2) is 31.3 Å². The van der Waals surface area contributed by atoms with Gasteiger partial charge in [0.2, 0.25) is 0 Å². The molecule has 0 heterocycles. The van der Waals surface area contributed by atoms with Gasteiger partial charge in [0.1, 0.15) is 0 Å². The highest BCUT2D eigenvalue weighted by molar-refractivity contribution is 5.68. The van der Waals surface area contributed by atoms with Crippen molar-refractivity contribution in [1.82, 2.24) is 0 Å². The first-order valence-electron chi connectivity index (χ1n) is 4.55. The lowest BCUT2D eigenvalue weighted by molar-refractivity contribution is -0.141. The molecule has 1 rings (SSSR count). The van der Waals surface area contributed by atoms with Crippen LogP contribution in [0.15, 0.2) is 0 Å². The Bertz CT molecular complexity index is 191. The molecule has 1 atom stereocenters. The third-order valence-electron chi connectivity index (χ3n) is 2.78. The average Bonchev–Trinajstić information content (AvgIpc) is 2.85. The van der Waals surface area contributed by atoms with Crippen LogP contribution < -0.4 is 5.73 Å². The van der Waals surface area contributed by atoms with Crippen molar-refractivity contribution in [1.29, 1.82) is 0 Å². The number of carboxylic acids is 1. The van der Waals surface area contributed by atoms with Crippen molar-refractivity contribution in [2.45, 2.75) is 19.3 Å². The van der Waals surface area contributed by atoms with E-state index in [2.05, 4.69) is 0 Å². The minimum atomic E-state index is -0.783. The zero-order valence-corrected chi connectivity index (χ0v) is 7.95. The van der Waals surface area contributed by atoms with Crippen LogP contribution in [0.5, 0.6) is 0 Å². The first-order valence-corrected chi connectivity index (χ1v) is 4.55. The molecule has 0 bridgehead atoms. The van der Waals surface area contributed by atoms with Crippen molar-refractivity contribution in [3.63, 3.8) is 0 Å². The molecule has 0 aromatic heterocycles. The molecule has 0 aromatic rings. The molecule has 0 aliphatic heterocycles. The third kappa shape index (κ3) is 2.42. The Labute approximate surface area is 78.1 Å². The third-order valence-corrected chi connectivity index (χ3v) is 2.78. The SMILES string of the molecule is COCC(CN)(CC(=O)O)C1CC1. The molecule has 1 unspecified atom stereocenters. The Morgan fingerprint density at radius 1 is 1.69 bits per heavy atom. The molecule has 1 fully saturated rings. The van der Waals surface area contributed by atoms with Crippen LogP contribution in [-0.2, 0) is 9.53 Å². The fourth-order valence-corrected chi connectivity index (χ4v) is 1.90. The van der Waals surface area contributed by atoms with E-state index < -0.39 is 5.97 Å². The smallest absolute Gasteiger partial charge is 0.304 e. The van der Waals surface area contributed by atoms with Gasteiger partial charge in [-0.3, -0.25) is 4.79 Å². The van der Waals surface area contributed by atoms with Gasteiger partial charge in [0.05, 0.1) is 13.0 Å². The zero-order valence-electron chi connectivity index (χ0n) is 7.95. The quantitative estimate of drug-likeness (QED) is 0.633. The van der Waals surface area contributed by atoms with Gasteiger partial charge in [-0.2, -0.15) is 0 Å². The van der Waals surface area contributed by atoms with Gasteiger partial charge in [0.25, 0.3) is 0 Å². The molecule has 4 heteroatoms. The highest BCUT2D eigenvalue weighted by Crippen LogP contribution is 2.47. The van der Waals surface area contributed by atoms with Crippen LogP contribution in [0.25, 0.3) is 0 Å². The van der Waals surface area contributed by atoms with Crippen molar-refractivity contribution in [3.8, 4) is 0 Å². The number of hydrogen-bond donors (Lipinski definition) is 2. The largest absolute Gasteiger partial charge is 0.481 e. The summed E-state index contributed by atoms with van der Waals surface area (Å²) in [5.74, 6) is -0.331.